The van der Waals surface area contributed by atoms with Crippen LogP contribution in [0.4, 0.5) is 0 Å². The van der Waals surface area contributed by atoms with Crippen LogP contribution >= 0.6 is 53.0 Å². The molecule has 1 aliphatic rings. The van der Waals surface area contributed by atoms with Crippen LogP contribution in [-0.4, -0.2) is 9.16 Å². The fraction of sp³-hybridized carbons (Fsp3) is 1.00. The topological polar surface area (TPSA) is 0 Å². The highest BCUT2D eigenvalue weighted by atomic mass is 33.5. The summed E-state index contributed by atoms with van der Waals surface area (Å²) in [7, 11) is 9.82. The molecule has 0 radical (unpaired) electrons. The summed E-state index contributed by atoms with van der Waals surface area (Å²) in [4.78, 5) is 0. The monoisotopic (exact) mass is 216 g/mol. The van der Waals surface area contributed by atoms with Gasteiger partial charge >= 0.3 is 0 Å². The first-order valence-corrected chi connectivity index (χ1v) is 8.48. The Bertz CT molecular complexity index is 75.0. The van der Waals surface area contributed by atoms with Crippen molar-refractivity contribution in [3.63, 3.8) is 0 Å². The van der Waals surface area contributed by atoms with Crippen molar-refractivity contribution < 1.29 is 0 Å². The molecular weight excluding hydrogens is 208 g/mol. The molecule has 1 rings (SSSR count). The zero-order chi connectivity index (χ0) is 6.69. The molecule has 0 bridgehead atoms. The van der Waals surface area contributed by atoms with E-state index in [9.17, 15) is 0 Å². The molecule has 0 amide bonds. The summed E-state index contributed by atoms with van der Waals surface area (Å²) >= 11 is 0. The maximum absolute atomic E-state index is 2.26. The van der Waals surface area contributed by atoms with E-state index < -0.39 is 0 Å². The Morgan fingerprint density at radius 3 is 1.67 bits per heavy atom. The van der Waals surface area contributed by atoms with Crippen molar-refractivity contribution in [2.45, 2.75) is 23.0 Å². The van der Waals surface area contributed by atoms with E-state index in [0.29, 0.717) is 0 Å². The molecule has 1 heterocycles. The predicted molar refractivity (Wildman–Crippen MR) is 56.9 cm³/mol. The van der Waals surface area contributed by atoms with Gasteiger partial charge < -0.3 is 0 Å². The smallest absolute Gasteiger partial charge is 0.0690 e. The Morgan fingerprint density at radius 2 is 1.22 bits per heavy atom. The molecule has 0 N–H and O–H groups in total. The lowest BCUT2D eigenvalue weighted by Crippen LogP contribution is -1.81. The van der Waals surface area contributed by atoms with Gasteiger partial charge in [0.15, 0.2) is 0 Å². The predicted octanol–water partition coefficient (Wildman–Crippen LogP) is 4.10. The van der Waals surface area contributed by atoms with Gasteiger partial charge in [0.25, 0.3) is 0 Å². The van der Waals surface area contributed by atoms with Crippen LogP contribution < -0.4 is 0 Å². The molecule has 0 nitrogen and oxygen atoms in total. The fourth-order valence-electron chi connectivity index (χ4n) is 0.322. The largest absolute Gasteiger partial charge is 0.0779 e. The quantitative estimate of drug-likeness (QED) is 0.557. The molecule has 0 aromatic heterocycles. The Balaban J connectivity index is 2.25. The van der Waals surface area contributed by atoms with E-state index in [1.807, 2.05) is 53.0 Å². The molecule has 0 aliphatic carbocycles. The molecule has 0 aromatic carbocycles. The van der Waals surface area contributed by atoms with Crippen molar-refractivity contribution in [3.8, 4) is 0 Å². The third kappa shape index (κ3) is 3.60. The lowest BCUT2D eigenvalue weighted by molar-refractivity contribution is 1.44. The SMILES string of the molecule is CC1SSSC(C)SS1. The van der Waals surface area contributed by atoms with Crippen LogP contribution in [-0.2, 0) is 0 Å². The van der Waals surface area contributed by atoms with Gasteiger partial charge in [0.05, 0.1) is 9.16 Å². The fourth-order valence-corrected chi connectivity index (χ4v) is 10.2. The highest BCUT2D eigenvalue weighted by Gasteiger charge is 2.14. The van der Waals surface area contributed by atoms with Gasteiger partial charge in [-0.25, -0.2) is 0 Å². The molecule has 9 heavy (non-hydrogen) atoms. The first-order valence-electron chi connectivity index (χ1n) is 2.60. The summed E-state index contributed by atoms with van der Waals surface area (Å²) in [6.07, 6.45) is 0. The standard InChI is InChI=1S/C4H8S5/c1-3-5-6-4(2)8-9-7-3/h3-4H,1-2H3. The van der Waals surface area contributed by atoms with E-state index in [-0.39, 0.29) is 0 Å². The summed E-state index contributed by atoms with van der Waals surface area (Å²) < 4.78 is 1.50. The molecule has 54 valence electrons. The zero-order valence-corrected chi connectivity index (χ0v) is 9.28. The van der Waals surface area contributed by atoms with Gasteiger partial charge in [-0.2, -0.15) is 0 Å². The first-order chi connectivity index (χ1) is 4.29. The molecule has 0 aromatic rings. The van der Waals surface area contributed by atoms with Crippen molar-refractivity contribution in [1.82, 2.24) is 0 Å². The maximum atomic E-state index is 2.26. The van der Waals surface area contributed by atoms with Crippen LogP contribution in [0.3, 0.4) is 0 Å². The molecule has 1 saturated heterocycles. The summed E-state index contributed by atoms with van der Waals surface area (Å²) in [5, 5.41) is 0. The minimum absolute atomic E-state index is 0.748. The van der Waals surface area contributed by atoms with Crippen LogP contribution in [0, 0.1) is 0 Å². The average molecular weight is 216 g/mol. The molecule has 1 aliphatic heterocycles. The van der Waals surface area contributed by atoms with E-state index in [1.54, 1.807) is 0 Å². The molecule has 5 heteroatoms. The number of hydrogen-bond acceptors (Lipinski definition) is 5. The second-order valence-corrected chi connectivity index (χ2v) is 9.86. The summed E-state index contributed by atoms with van der Waals surface area (Å²) in [5.74, 6) is 0. The van der Waals surface area contributed by atoms with Gasteiger partial charge in [-0.15, -0.1) is 0 Å². The summed E-state index contributed by atoms with van der Waals surface area (Å²) in [6.45, 7) is 4.52. The van der Waals surface area contributed by atoms with Crippen molar-refractivity contribution >= 4 is 53.0 Å². The lowest BCUT2D eigenvalue weighted by Gasteiger charge is -2.02. The van der Waals surface area contributed by atoms with Gasteiger partial charge in [0, 0.05) is 0 Å². The van der Waals surface area contributed by atoms with E-state index in [1.165, 1.54) is 0 Å². The molecule has 0 saturated carbocycles. The minimum atomic E-state index is 0.748. The van der Waals surface area contributed by atoms with Gasteiger partial charge in [-0.3, -0.25) is 0 Å². The van der Waals surface area contributed by atoms with Gasteiger partial charge in [0.1, 0.15) is 0 Å². The molecule has 2 unspecified atom stereocenters. The van der Waals surface area contributed by atoms with Crippen molar-refractivity contribution in [2.75, 3.05) is 0 Å². The minimum Gasteiger partial charge on any atom is -0.0779 e. The third-order valence-corrected chi connectivity index (χ3v) is 10.3. The zero-order valence-electron chi connectivity index (χ0n) is 5.20. The number of hydrogen-bond donors (Lipinski definition) is 0. The first kappa shape index (κ1) is 8.84. The third-order valence-electron chi connectivity index (χ3n) is 0.676. The van der Waals surface area contributed by atoms with Crippen LogP contribution in [0.5, 0.6) is 0 Å². The van der Waals surface area contributed by atoms with E-state index in [4.69, 9.17) is 0 Å². The summed E-state index contributed by atoms with van der Waals surface area (Å²) in [5.41, 5.74) is 0. The highest BCUT2D eigenvalue weighted by Crippen LogP contribution is 2.54. The second-order valence-electron chi connectivity index (χ2n) is 1.59. The molecule has 1 fully saturated rings. The molecular formula is C4H8S5. The van der Waals surface area contributed by atoms with E-state index in [2.05, 4.69) is 13.8 Å². The lowest BCUT2D eigenvalue weighted by atomic mass is 11.0. The number of rotatable bonds is 0. The van der Waals surface area contributed by atoms with Gasteiger partial charge in [0.2, 0.25) is 0 Å². The normalized spacial score (nSPS) is 38.0. The Morgan fingerprint density at radius 1 is 0.778 bits per heavy atom. The average Bonchev–Trinajstić information content (AvgIpc) is 1.97. The Hall–Kier alpha value is 1.75. The highest BCUT2D eigenvalue weighted by molar-refractivity contribution is 9.13. The maximum Gasteiger partial charge on any atom is 0.0690 e. The van der Waals surface area contributed by atoms with E-state index in [0.717, 1.165) is 9.16 Å². The Labute approximate surface area is 75.6 Å². The van der Waals surface area contributed by atoms with E-state index >= 15 is 0 Å². The van der Waals surface area contributed by atoms with Crippen LogP contribution in [0.2, 0.25) is 0 Å². The van der Waals surface area contributed by atoms with Crippen molar-refractivity contribution in [3.05, 3.63) is 0 Å². The second kappa shape index (κ2) is 4.59. The van der Waals surface area contributed by atoms with Crippen LogP contribution in [0.25, 0.3) is 0 Å². The van der Waals surface area contributed by atoms with Crippen molar-refractivity contribution in [1.29, 1.82) is 0 Å². The molecule has 0 spiro atoms. The Kier molecular flexibility index (Phi) is 4.51. The summed E-state index contributed by atoms with van der Waals surface area (Å²) in [6, 6.07) is 0. The van der Waals surface area contributed by atoms with Crippen LogP contribution in [0.1, 0.15) is 13.8 Å². The van der Waals surface area contributed by atoms with Crippen LogP contribution in [0.15, 0.2) is 0 Å². The molecule has 2 atom stereocenters. The van der Waals surface area contributed by atoms with Crippen molar-refractivity contribution in [2.24, 2.45) is 0 Å². The van der Waals surface area contributed by atoms with Gasteiger partial charge in [-0.1, -0.05) is 43.2 Å². The van der Waals surface area contributed by atoms with Gasteiger partial charge in [-0.05, 0) is 23.7 Å².